The summed E-state index contributed by atoms with van der Waals surface area (Å²) < 4.78 is 4.68. The van der Waals surface area contributed by atoms with Gasteiger partial charge in [0.1, 0.15) is 6.61 Å². The first-order valence-corrected chi connectivity index (χ1v) is 4.73. The minimum absolute atomic E-state index is 0.156. The van der Waals surface area contributed by atoms with Crippen LogP contribution in [0.2, 0.25) is 0 Å². The summed E-state index contributed by atoms with van der Waals surface area (Å²) in [6.07, 6.45) is 0. The molecule has 1 heterocycles. The van der Waals surface area contributed by atoms with E-state index in [1.165, 1.54) is 0 Å². The largest absolute Gasteiger partial charge is 0.504 e. The first-order valence-electron chi connectivity index (χ1n) is 4.73. The summed E-state index contributed by atoms with van der Waals surface area (Å²) in [7, 11) is 0. The molecule has 2 N–H and O–H groups in total. The standard InChI is InChI=1S/C11H8O6/c1-4(12)7-8-5(3-17-11(8)16)2-6(13)9(14)10(7)15/h2H,3H2,1H3,(H2,13,14,15). The average Bonchev–Trinajstić information content (AvgIpc) is 2.55. The van der Waals surface area contributed by atoms with E-state index in [-0.39, 0.29) is 23.3 Å². The summed E-state index contributed by atoms with van der Waals surface area (Å²) in [4.78, 5) is 34.2. The predicted molar refractivity (Wildman–Crippen MR) is 55.2 cm³/mol. The van der Waals surface area contributed by atoms with Gasteiger partial charge in [-0.05, 0) is 13.0 Å². The Bertz CT molecular complexity index is 602. The SMILES string of the molecule is CC(=O)c1c(O)c(O)c(=O)cc2c1C(=O)OC2. The molecular weight excluding hydrogens is 228 g/mol. The van der Waals surface area contributed by atoms with Crippen LogP contribution in [0.15, 0.2) is 10.9 Å². The highest BCUT2D eigenvalue weighted by molar-refractivity contribution is 6.09. The maximum Gasteiger partial charge on any atom is 0.339 e. The number of cyclic esters (lactones) is 1. The van der Waals surface area contributed by atoms with Crippen molar-refractivity contribution in [3.05, 3.63) is 33.0 Å². The third kappa shape index (κ3) is 1.54. The summed E-state index contributed by atoms with van der Waals surface area (Å²) in [6, 6.07) is 0.974. The molecule has 0 atom stereocenters. The molecule has 0 spiro atoms. The van der Waals surface area contributed by atoms with Crippen molar-refractivity contribution in [2.24, 2.45) is 0 Å². The van der Waals surface area contributed by atoms with Gasteiger partial charge in [0.2, 0.25) is 11.2 Å². The Morgan fingerprint density at radius 2 is 1.94 bits per heavy atom. The quantitative estimate of drug-likeness (QED) is 0.538. The van der Waals surface area contributed by atoms with Gasteiger partial charge in [-0.15, -0.1) is 0 Å². The molecule has 0 saturated carbocycles. The zero-order chi connectivity index (χ0) is 12.7. The summed E-state index contributed by atoms with van der Waals surface area (Å²) in [5, 5.41) is 19.0. The number of hydrogen-bond donors (Lipinski definition) is 2. The van der Waals surface area contributed by atoms with Crippen molar-refractivity contribution in [2.75, 3.05) is 0 Å². The lowest BCUT2D eigenvalue weighted by atomic mass is 10.0. The molecule has 17 heavy (non-hydrogen) atoms. The van der Waals surface area contributed by atoms with Crippen LogP contribution in [0.1, 0.15) is 33.2 Å². The van der Waals surface area contributed by atoms with Crippen LogP contribution in [0.25, 0.3) is 0 Å². The van der Waals surface area contributed by atoms with Gasteiger partial charge in [-0.3, -0.25) is 9.59 Å². The van der Waals surface area contributed by atoms with Gasteiger partial charge in [0.05, 0.1) is 11.1 Å². The van der Waals surface area contributed by atoms with Gasteiger partial charge in [-0.25, -0.2) is 4.79 Å². The van der Waals surface area contributed by atoms with E-state index < -0.39 is 28.7 Å². The Morgan fingerprint density at radius 1 is 1.29 bits per heavy atom. The summed E-state index contributed by atoms with van der Waals surface area (Å²) in [5.74, 6) is -3.26. The molecular formula is C11H8O6. The fourth-order valence-electron chi connectivity index (χ4n) is 1.72. The average molecular weight is 236 g/mol. The van der Waals surface area contributed by atoms with Crippen LogP contribution in [-0.4, -0.2) is 22.0 Å². The van der Waals surface area contributed by atoms with Gasteiger partial charge in [-0.1, -0.05) is 0 Å². The van der Waals surface area contributed by atoms with Gasteiger partial charge in [0.15, 0.2) is 11.5 Å². The van der Waals surface area contributed by atoms with Crippen molar-refractivity contribution < 1.29 is 24.5 Å². The van der Waals surface area contributed by atoms with Crippen LogP contribution in [0, 0.1) is 0 Å². The van der Waals surface area contributed by atoms with E-state index >= 15 is 0 Å². The first kappa shape index (κ1) is 11.1. The number of aromatic hydroxyl groups is 2. The van der Waals surface area contributed by atoms with Gasteiger partial charge in [-0.2, -0.15) is 0 Å². The Hall–Kier alpha value is -2.37. The number of ether oxygens (including phenoxy) is 1. The van der Waals surface area contributed by atoms with Crippen LogP contribution in [0.5, 0.6) is 11.5 Å². The second kappa shape index (κ2) is 3.58. The summed E-state index contributed by atoms with van der Waals surface area (Å²) >= 11 is 0. The lowest BCUT2D eigenvalue weighted by Gasteiger charge is -2.00. The number of fused-ring (bicyclic) bond motifs is 1. The predicted octanol–water partition coefficient (Wildman–Crippen LogP) is 0.331. The minimum atomic E-state index is -0.947. The normalized spacial score (nSPS) is 13.1. The molecule has 2 rings (SSSR count). The van der Waals surface area contributed by atoms with Crippen molar-refractivity contribution in [3.8, 4) is 11.5 Å². The molecule has 1 aliphatic rings. The maximum atomic E-state index is 11.4. The smallest absolute Gasteiger partial charge is 0.339 e. The molecule has 6 heteroatoms. The molecule has 88 valence electrons. The van der Waals surface area contributed by atoms with E-state index in [9.17, 15) is 24.6 Å². The van der Waals surface area contributed by atoms with E-state index in [0.29, 0.717) is 0 Å². The third-order valence-corrected chi connectivity index (χ3v) is 2.49. The minimum Gasteiger partial charge on any atom is -0.504 e. The van der Waals surface area contributed by atoms with Crippen molar-refractivity contribution in [1.29, 1.82) is 0 Å². The molecule has 0 aromatic heterocycles. The number of carbonyl (C=O) groups excluding carboxylic acids is 2. The fraction of sp³-hybridized carbons (Fsp3) is 0.182. The van der Waals surface area contributed by atoms with Gasteiger partial charge in [0.25, 0.3) is 0 Å². The Kier molecular flexibility index (Phi) is 2.35. The molecule has 1 aliphatic heterocycles. The molecule has 0 fully saturated rings. The second-order valence-corrected chi connectivity index (χ2v) is 3.61. The zero-order valence-electron chi connectivity index (χ0n) is 8.81. The highest BCUT2D eigenvalue weighted by Crippen LogP contribution is 2.32. The fourth-order valence-corrected chi connectivity index (χ4v) is 1.72. The molecule has 0 saturated heterocycles. The van der Waals surface area contributed by atoms with E-state index in [1.807, 2.05) is 0 Å². The monoisotopic (exact) mass is 236 g/mol. The Morgan fingerprint density at radius 3 is 2.53 bits per heavy atom. The maximum absolute atomic E-state index is 11.4. The molecule has 0 bridgehead atoms. The molecule has 6 nitrogen and oxygen atoms in total. The highest BCUT2D eigenvalue weighted by atomic mass is 16.5. The number of carbonyl (C=O) groups is 2. The Labute approximate surface area is 95.1 Å². The summed E-state index contributed by atoms with van der Waals surface area (Å²) in [6.45, 7) is 0.960. The topological polar surface area (TPSA) is 101 Å². The molecule has 0 radical (unpaired) electrons. The van der Waals surface area contributed by atoms with Crippen molar-refractivity contribution in [3.63, 3.8) is 0 Å². The zero-order valence-corrected chi connectivity index (χ0v) is 8.81. The first-order chi connectivity index (χ1) is 7.93. The van der Waals surface area contributed by atoms with E-state index in [2.05, 4.69) is 4.74 Å². The van der Waals surface area contributed by atoms with E-state index in [1.54, 1.807) is 0 Å². The number of hydrogen-bond acceptors (Lipinski definition) is 6. The number of ketones is 1. The van der Waals surface area contributed by atoms with Gasteiger partial charge < -0.3 is 14.9 Å². The number of rotatable bonds is 1. The van der Waals surface area contributed by atoms with Crippen molar-refractivity contribution >= 4 is 11.8 Å². The van der Waals surface area contributed by atoms with Gasteiger partial charge in [0, 0.05) is 5.56 Å². The molecule has 1 aromatic rings. The Balaban J connectivity index is 3.01. The van der Waals surface area contributed by atoms with Crippen LogP contribution in [0.3, 0.4) is 0 Å². The van der Waals surface area contributed by atoms with Crippen molar-refractivity contribution in [2.45, 2.75) is 13.5 Å². The van der Waals surface area contributed by atoms with E-state index in [0.717, 1.165) is 13.0 Å². The van der Waals surface area contributed by atoms with Crippen LogP contribution in [-0.2, 0) is 11.3 Å². The van der Waals surface area contributed by atoms with E-state index in [4.69, 9.17) is 0 Å². The molecule has 0 aliphatic carbocycles. The van der Waals surface area contributed by atoms with Crippen LogP contribution >= 0.6 is 0 Å². The van der Waals surface area contributed by atoms with Crippen LogP contribution in [0.4, 0.5) is 0 Å². The number of esters is 1. The van der Waals surface area contributed by atoms with Crippen molar-refractivity contribution in [1.82, 2.24) is 0 Å². The van der Waals surface area contributed by atoms with Crippen LogP contribution < -0.4 is 5.43 Å². The molecule has 1 aromatic carbocycles. The lowest BCUT2D eigenvalue weighted by molar-refractivity contribution is 0.0532. The lowest BCUT2D eigenvalue weighted by Crippen LogP contribution is -2.03. The molecule has 0 amide bonds. The second-order valence-electron chi connectivity index (χ2n) is 3.61. The number of Topliss-reactive ketones (excluding diaryl/α,β-unsaturated/α-hetero) is 1. The summed E-state index contributed by atoms with van der Waals surface area (Å²) in [5.41, 5.74) is -1.24. The highest BCUT2D eigenvalue weighted by Gasteiger charge is 2.30. The van der Waals surface area contributed by atoms with Gasteiger partial charge >= 0.3 is 5.97 Å². The third-order valence-electron chi connectivity index (χ3n) is 2.49. The molecule has 0 unspecified atom stereocenters.